The molecule has 0 N–H and O–H groups in total. The first-order chi connectivity index (χ1) is 18.2. The standard InChI is InChI=1S/C31H27F2N3O2/c1-19-7-9-25(26(33)12-19)21-14-22(28-17-31(3,38-36-28)30-6-4-5-11-34-30)16-23(15-21)29(37)13-20(2)27-10-8-24(32)18-35-27/h4-12,14-16,18,20H,13,17H2,1-3H3/t20-,31?/m0/s1. The molecule has 7 heteroatoms. The Bertz CT molecular complexity index is 1520. The maximum Gasteiger partial charge on any atom is 0.182 e. The van der Waals surface area contributed by atoms with E-state index < -0.39 is 11.4 Å². The second-order valence-corrected chi connectivity index (χ2v) is 9.96. The van der Waals surface area contributed by atoms with Crippen molar-refractivity contribution in [2.75, 3.05) is 0 Å². The SMILES string of the molecule is Cc1ccc(-c2cc(C(=O)C[C@H](C)c3ccc(F)cn3)cc(C3=NOC(C)(c4ccccn4)C3)c2)c(F)c1. The van der Waals surface area contributed by atoms with E-state index in [1.54, 1.807) is 30.5 Å². The number of aryl methyl sites for hydroxylation is 1. The van der Waals surface area contributed by atoms with Gasteiger partial charge in [-0.05, 0) is 73.5 Å². The Morgan fingerprint density at radius 3 is 2.55 bits per heavy atom. The van der Waals surface area contributed by atoms with Gasteiger partial charge < -0.3 is 4.84 Å². The molecular formula is C31H27F2N3O2. The molecule has 0 spiro atoms. The Labute approximate surface area is 220 Å². The Morgan fingerprint density at radius 1 is 1.03 bits per heavy atom. The van der Waals surface area contributed by atoms with Gasteiger partial charge in [0.2, 0.25) is 0 Å². The van der Waals surface area contributed by atoms with E-state index in [0.717, 1.165) is 17.5 Å². The number of oxime groups is 1. The number of benzene rings is 2. The first-order valence-electron chi connectivity index (χ1n) is 12.4. The van der Waals surface area contributed by atoms with Gasteiger partial charge in [0.15, 0.2) is 11.4 Å². The van der Waals surface area contributed by atoms with E-state index in [4.69, 9.17) is 4.84 Å². The zero-order valence-corrected chi connectivity index (χ0v) is 21.4. The van der Waals surface area contributed by atoms with E-state index in [-0.39, 0.29) is 23.9 Å². The minimum Gasteiger partial charge on any atom is -0.382 e. The molecule has 1 aliphatic heterocycles. The second kappa shape index (κ2) is 10.2. The van der Waals surface area contributed by atoms with E-state index in [1.807, 2.05) is 51.1 Å². The Kier molecular flexibility index (Phi) is 6.85. The largest absolute Gasteiger partial charge is 0.382 e. The number of hydrogen-bond donors (Lipinski definition) is 0. The van der Waals surface area contributed by atoms with Crippen molar-refractivity contribution in [3.05, 3.63) is 119 Å². The molecule has 38 heavy (non-hydrogen) atoms. The van der Waals surface area contributed by atoms with Crippen LogP contribution in [0.3, 0.4) is 0 Å². The number of aromatic nitrogens is 2. The van der Waals surface area contributed by atoms with Crippen molar-refractivity contribution in [1.29, 1.82) is 0 Å². The van der Waals surface area contributed by atoms with Crippen LogP contribution in [0.2, 0.25) is 0 Å². The molecule has 0 fully saturated rings. The molecular weight excluding hydrogens is 484 g/mol. The number of pyridine rings is 2. The molecule has 2 aromatic heterocycles. The van der Waals surface area contributed by atoms with Crippen molar-refractivity contribution in [3.63, 3.8) is 0 Å². The monoisotopic (exact) mass is 511 g/mol. The van der Waals surface area contributed by atoms with Gasteiger partial charge in [-0.3, -0.25) is 14.8 Å². The summed E-state index contributed by atoms with van der Waals surface area (Å²) in [7, 11) is 0. The number of hydrogen-bond acceptors (Lipinski definition) is 5. The van der Waals surface area contributed by atoms with Gasteiger partial charge in [-0.15, -0.1) is 0 Å². The minimum atomic E-state index is -0.755. The highest BCUT2D eigenvalue weighted by molar-refractivity contribution is 6.06. The summed E-state index contributed by atoms with van der Waals surface area (Å²) in [4.78, 5) is 27.8. The van der Waals surface area contributed by atoms with Crippen LogP contribution in [-0.2, 0) is 10.4 Å². The highest BCUT2D eigenvalue weighted by atomic mass is 19.1. The average molecular weight is 512 g/mol. The third-order valence-electron chi connectivity index (χ3n) is 6.84. The van der Waals surface area contributed by atoms with Crippen molar-refractivity contribution < 1.29 is 18.4 Å². The molecule has 2 atom stereocenters. The van der Waals surface area contributed by atoms with E-state index in [9.17, 15) is 13.6 Å². The van der Waals surface area contributed by atoms with Crippen molar-refractivity contribution in [2.45, 2.75) is 45.1 Å². The summed E-state index contributed by atoms with van der Waals surface area (Å²) in [6, 6.07) is 18.9. The molecule has 5 rings (SSSR count). The zero-order valence-electron chi connectivity index (χ0n) is 21.4. The van der Waals surface area contributed by atoms with Gasteiger partial charge in [0.05, 0.1) is 17.6 Å². The normalized spacial score (nSPS) is 17.6. The first kappa shape index (κ1) is 25.4. The zero-order chi connectivity index (χ0) is 26.9. The van der Waals surface area contributed by atoms with Crippen LogP contribution in [0.1, 0.15) is 65.5 Å². The fourth-order valence-corrected chi connectivity index (χ4v) is 4.65. The van der Waals surface area contributed by atoms with Crippen molar-refractivity contribution >= 4 is 11.5 Å². The summed E-state index contributed by atoms with van der Waals surface area (Å²) in [5.41, 5.74) is 4.15. The summed E-state index contributed by atoms with van der Waals surface area (Å²) in [5.74, 6) is -1.16. The molecule has 0 aliphatic carbocycles. The van der Waals surface area contributed by atoms with Gasteiger partial charge in [-0.2, -0.15) is 0 Å². The lowest BCUT2D eigenvalue weighted by atomic mass is 9.88. The molecule has 2 aromatic carbocycles. The molecule has 4 aromatic rings. The van der Waals surface area contributed by atoms with Crippen LogP contribution in [0, 0.1) is 18.6 Å². The first-order valence-corrected chi connectivity index (χ1v) is 12.4. The van der Waals surface area contributed by atoms with Crippen molar-refractivity contribution in [3.8, 4) is 11.1 Å². The van der Waals surface area contributed by atoms with Crippen LogP contribution in [0.25, 0.3) is 11.1 Å². The number of rotatable bonds is 7. The maximum absolute atomic E-state index is 15.0. The average Bonchev–Trinajstić information content (AvgIpc) is 3.32. The minimum absolute atomic E-state index is 0.133. The lowest BCUT2D eigenvalue weighted by Crippen LogP contribution is -2.23. The molecule has 0 amide bonds. The van der Waals surface area contributed by atoms with Crippen LogP contribution in [0.4, 0.5) is 8.78 Å². The van der Waals surface area contributed by atoms with E-state index in [1.165, 1.54) is 12.1 Å². The number of ketones is 1. The van der Waals surface area contributed by atoms with Crippen molar-refractivity contribution in [1.82, 2.24) is 9.97 Å². The van der Waals surface area contributed by atoms with E-state index in [2.05, 4.69) is 15.1 Å². The molecule has 5 nitrogen and oxygen atoms in total. The maximum atomic E-state index is 15.0. The molecule has 0 saturated heterocycles. The quantitative estimate of drug-likeness (QED) is 0.247. The van der Waals surface area contributed by atoms with Gasteiger partial charge in [0.25, 0.3) is 0 Å². The third-order valence-corrected chi connectivity index (χ3v) is 6.84. The smallest absolute Gasteiger partial charge is 0.182 e. The summed E-state index contributed by atoms with van der Waals surface area (Å²) in [5, 5.41) is 4.35. The summed E-state index contributed by atoms with van der Waals surface area (Å²) < 4.78 is 28.3. The fraction of sp³-hybridized carbons (Fsp3) is 0.226. The van der Waals surface area contributed by atoms with Crippen LogP contribution >= 0.6 is 0 Å². The highest BCUT2D eigenvalue weighted by Gasteiger charge is 2.38. The molecule has 0 saturated carbocycles. The predicted molar refractivity (Wildman–Crippen MR) is 142 cm³/mol. The van der Waals surface area contributed by atoms with Crippen molar-refractivity contribution in [2.24, 2.45) is 5.16 Å². The Balaban J connectivity index is 1.50. The van der Waals surface area contributed by atoms with Gasteiger partial charge in [-0.1, -0.05) is 30.3 Å². The lowest BCUT2D eigenvalue weighted by Gasteiger charge is -2.20. The van der Waals surface area contributed by atoms with Gasteiger partial charge in [0, 0.05) is 47.3 Å². The Morgan fingerprint density at radius 2 is 1.84 bits per heavy atom. The molecule has 3 heterocycles. The van der Waals surface area contributed by atoms with Crippen LogP contribution in [0.5, 0.6) is 0 Å². The summed E-state index contributed by atoms with van der Waals surface area (Å²) >= 11 is 0. The highest BCUT2D eigenvalue weighted by Crippen LogP contribution is 2.36. The molecule has 192 valence electrons. The van der Waals surface area contributed by atoms with E-state index >= 15 is 0 Å². The summed E-state index contributed by atoms with van der Waals surface area (Å²) in [6.45, 7) is 5.61. The second-order valence-electron chi connectivity index (χ2n) is 9.96. The summed E-state index contributed by atoms with van der Waals surface area (Å²) in [6.07, 6.45) is 3.45. The predicted octanol–water partition coefficient (Wildman–Crippen LogP) is 7.15. The fourth-order valence-electron chi connectivity index (χ4n) is 4.65. The Hall–Kier alpha value is -4.26. The molecule has 0 bridgehead atoms. The number of halogens is 2. The molecule has 1 aliphatic rings. The van der Waals surface area contributed by atoms with Gasteiger partial charge >= 0.3 is 0 Å². The third kappa shape index (κ3) is 5.23. The van der Waals surface area contributed by atoms with Crippen LogP contribution in [-0.4, -0.2) is 21.5 Å². The van der Waals surface area contributed by atoms with Crippen LogP contribution < -0.4 is 0 Å². The number of carbonyl (C=O) groups is 1. The van der Waals surface area contributed by atoms with Gasteiger partial charge in [-0.25, -0.2) is 8.78 Å². The molecule has 1 unspecified atom stereocenters. The van der Waals surface area contributed by atoms with Crippen LogP contribution in [0.15, 0.2) is 84.3 Å². The number of carbonyl (C=O) groups excluding carboxylic acids is 1. The topological polar surface area (TPSA) is 64.4 Å². The van der Waals surface area contributed by atoms with E-state index in [0.29, 0.717) is 40.1 Å². The molecule has 0 radical (unpaired) electrons. The number of nitrogens with zero attached hydrogens (tertiary/aromatic N) is 3. The van der Waals surface area contributed by atoms with Gasteiger partial charge in [0.1, 0.15) is 11.6 Å². The number of Topliss-reactive ketones (excluding diaryl/α,β-unsaturated/α-hetero) is 1. The lowest BCUT2D eigenvalue weighted by molar-refractivity contribution is -0.0108.